The van der Waals surface area contributed by atoms with Crippen molar-refractivity contribution in [2.24, 2.45) is 13.0 Å². The van der Waals surface area contributed by atoms with E-state index in [1.807, 2.05) is 25.2 Å². The molecular formula is C26H31F3N4O3S. The van der Waals surface area contributed by atoms with Crippen molar-refractivity contribution in [3.8, 4) is 5.19 Å². The zero-order valence-corrected chi connectivity index (χ0v) is 21.6. The first-order chi connectivity index (χ1) is 17.7. The number of aryl methyl sites for hydroxylation is 1. The van der Waals surface area contributed by atoms with Crippen molar-refractivity contribution in [1.82, 2.24) is 19.7 Å². The summed E-state index contributed by atoms with van der Waals surface area (Å²) in [5.41, 5.74) is 2.54. The van der Waals surface area contributed by atoms with E-state index >= 15 is 0 Å². The number of ketones is 1. The number of ether oxygens (including phenoxy) is 2. The Hall–Kier alpha value is -2.50. The number of halogens is 3. The molecule has 1 saturated heterocycles. The van der Waals surface area contributed by atoms with Crippen LogP contribution in [0.5, 0.6) is 5.19 Å². The lowest BCUT2D eigenvalue weighted by Gasteiger charge is -2.30. The van der Waals surface area contributed by atoms with Gasteiger partial charge in [0.1, 0.15) is 0 Å². The van der Waals surface area contributed by atoms with Crippen molar-refractivity contribution in [3.05, 3.63) is 40.5 Å². The van der Waals surface area contributed by atoms with Gasteiger partial charge < -0.3 is 14.4 Å². The minimum Gasteiger partial charge on any atom is -0.460 e. The molecule has 5 rings (SSSR count). The lowest BCUT2D eigenvalue weighted by Crippen LogP contribution is -2.33. The van der Waals surface area contributed by atoms with E-state index in [2.05, 4.69) is 15.0 Å². The van der Waals surface area contributed by atoms with E-state index in [0.717, 1.165) is 72.4 Å². The van der Waals surface area contributed by atoms with E-state index < -0.39 is 12.8 Å². The van der Waals surface area contributed by atoms with Gasteiger partial charge >= 0.3 is 6.18 Å². The highest BCUT2D eigenvalue weighted by Gasteiger charge is 2.30. The molecule has 0 unspecified atom stereocenters. The van der Waals surface area contributed by atoms with Crippen molar-refractivity contribution in [2.45, 2.75) is 50.8 Å². The number of thiazole rings is 1. The minimum absolute atomic E-state index is 0.108. The smallest absolute Gasteiger partial charge is 0.422 e. The van der Waals surface area contributed by atoms with Crippen LogP contribution < -0.4 is 4.74 Å². The number of hydrogen-bond donors (Lipinski definition) is 0. The summed E-state index contributed by atoms with van der Waals surface area (Å²) >= 11 is 1.23. The fraction of sp³-hybridized carbons (Fsp3) is 0.577. The Morgan fingerprint density at radius 3 is 2.86 bits per heavy atom. The third-order valence-corrected chi connectivity index (χ3v) is 8.28. The van der Waals surface area contributed by atoms with Gasteiger partial charge in [-0.2, -0.15) is 18.3 Å². The van der Waals surface area contributed by atoms with Gasteiger partial charge in [0.2, 0.25) is 0 Å². The molecule has 7 nitrogen and oxygen atoms in total. The molecule has 2 aromatic heterocycles. The number of benzene rings is 1. The molecule has 0 spiro atoms. The fourth-order valence-corrected chi connectivity index (χ4v) is 6.03. The molecule has 37 heavy (non-hydrogen) atoms. The zero-order valence-electron chi connectivity index (χ0n) is 20.8. The van der Waals surface area contributed by atoms with E-state index in [4.69, 9.17) is 9.47 Å². The van der Waals surface area contributed by atoms with Gasteiger partial charge in [-0.1, -0.05) is 23.5 Å². The second-order valence-corrected chi connectivity index (χ2v) is 11.0. The number of carbonyl (C=O) groups excluding carboxylic acids is 1. The van der Waals surface area contributed by atoms with E-state index in [0.29, 0.717) is 19.4 Å². The highest BCUT2D eigenvalue weighted by Crippen LogP contribution is 2.30. The average molecular weight is 537 g/mol. The largest absolute Gasteiger partial charge is 0.460 e. The van der Waals surface area contributed by atoms with Gasteiger partial charge in [-0.15, -0.1) is 0 Å². The molecule has 2 aliphatic heterocycles. The van der Waals surface area contributed by atoms with Crippen LogP contribution in [-0.4, -0.2) is 70.6 Å². The minimum atomic E-state index is -4.36. The Kier molecular flexibility index (Phi) is 7.83. The number of nitrogens with zero attached hydrogens (tertiary/aromatic N) is 4. The highest BCUT2D eigenvalue weighted by molar-refractivity contribution is 7.13. The molecule has 4 heterocycles. The van der Waals surface area contributed by atoms with E-state index in [-0.39, 0.29) is 23.0 Å². The van der Waals surface area contributed by atoms with Gasteiger partial charge in [0.05, 0.1) is 30.1 Å². The lowest BCUT2D eigenvalue weighted by atomic mass is 9.90. The molecule has 0 N–H and O–H groups in total. The molecular weight excluding hydrogens is 505 g/mol. The number of Topliss-reactive ketones (excluding diaryl/α,β-unsaturated/α-hetero) is 1. The average Bonchev–Trinajstić information content (AvgIpc) is 3.39. The summed E-state index contributed by atoms with van der Waals surface area (Å²) in [6, 6.07) is 5.75. The first-order valence-electron chi connectivity index (χ1n) is 12.7. The summed E-state index contributed by atoms with van der Waals surface area (Å²) in [5.74, 6) is 0.382. The SMILES string of the molecule is Cn1ncc2ccc(C(=O)C[C@H]3CC[C@H](CCN4CCc5nc(OCC(F)(F)F)sc5CC4)OC3)cc21. The fourth-order valence-electron chi connectivity index (χ4n) is 5.09. The number of alkyl halides is 3. The molecule has 2 aliphatic rings. The third-order valence-electron chi connectivity index (χ3n) is 7.21. The maximum absolute atomic E-state index is 12.9. The topological polar surface area (TPSA) is 69.5 Å². The Labute approximate surface area is 217 Å². The van der Waals surface area contributed by atoms with E-state index in [1.54, 1.807) is 10.9 Å². The Balaban J connectivity index is 1.03. The van der Waals surface area contributed by atoms with Gasteiger partial charge in [0.25, 0.3) is 5.19 Å². The van der Waals surface area contributed by atoms with E-state index in [1.165, 1.54) is 11.3 Å². The van der Waals surface area contributed by atoms with Crippen LogP contribution in [-0.2, 0) is 24.6 Å². The molecule has 1 fully saturated rings. The first-order valence-corrected chi connectivity index (χ1v) is 13.5. The number of hydrogen-bond acceptors (Lipinski definition) is 7. The summed E-state index contributed by atoms with van der Waals surface area (Å²) in [6.07, 6.45) is 2.46. The number of aromatic nitrogens is 3. The normalized spacial score (nSPS) is 21.1. The molecule has 0 aliphatic carbocycles. The maximum Gasteiger partial charge on any atom is 0.422 e. The molecule has 2 atom stereocenters. The highest BCUT2D eigenvalue weighted by atomic mass is 32.1. The maximum atomic E-state index is 12.9. The molecule has 200 valence electrons. The van der Waals surface area contributed by atoms with Gasteiger partial charge in [-0.25, -0.2) is 4.98 Å². The van der Waals surface area contributed by atoms with Crippen LogP contribution >= 0.6 is 11.3 Å². The summed E-state index contributed by atoms with van der Waals surface area (Å²) in [5, 5.41) is 5.38. The Bertz CT molecular complexity index is 1210. The number of carbonyl (C=O) groups is 1. The van der Waals surface area contributed by atoms with Crippen LogP contribution in [0.15, 0.2) is 24.4 Å². The van der Waals surface area contributed by atoms with Crippen LogP contribution in [0.4, 0.5) is 13.2 Å². The van der Waals surface area contributed by atoms with Crippen LogP contribution in [0.1, 0.15) is 46.6 Å². The van der Waals surface area contributed by atoms with Crippen LogP contribution in [0.3, 0.4) is 0 Å². The molecule has 11 heteroatoms. The second kappa shape index (κ2) is 11.1. The van der Waals surface area contributed by atoms with Crippen molar-refractivity contribution >= 4 is 28.0 Å². The van der Waals surface area contributed by atoms with Gasteiger partial charge in [0.15, 0.2) is 12.4 Å². The predicted molar refractivity (Wildman–Crippen MR) is 134 cm³/mol. The molecule has 0 amide bonds. The summed E-state index contributed by atoms with van der Waals surface area (Å²) in [4.78, 5) is 20.5. The second-order valence-electron chi connectivity index (χ2n) is 9.95. The van der Waals surface area contributed by atoms with Crippen molar-refractivity contribution in [1.29, 1.82) is 0 Å². The van der Waals surface area contributed by atoms with E-state index in [9.17, 15) is 18.0 Å². The molecule has 0 radical (unpaired) electrons. The Morgan fingerprint density at radius 2 is 2.08 bits per heavy atom. The van der Waals surface area contributed by atoms with Crippen LogP contribution in [0.2, 0.25) is 0 Å². The zero-order chi connectivity index (χ0) is 26.0. The van der Waals surface area contributed by atoms with Gasteiger partial charge in [0, 0.05) is 55.4 Å². The standard InChI is InChI=1S/C26H31F3N4O3S/c1-32-22-13-18(3-4-19(22)14-30-32)23(34)12-17-2-5-20(35-15-17)6-9-33-10-7-21-24(8-11-33)37-25(31-21)36-16-26(27,28)29/h3-4,13-14,17,20H,2,5-12,15-16H2,1H3/t17-,20-/m1/s1. The summed E-state index contributed by atoms with van der Waals surface area (Å²) in [6.45, 7) is 1.87. The predicted octanol–water partition coefficient (Wildman–Crippen LogP) is 4.83. The van der Waals surface area contributed by atoms with Crippen LogP contribution in [0.25, 0.3) is 10.9 Å². The first kappa shape index (κ1) is 26.1. The van der Waals surface area contributed by atoms with Crippen molar-refractivity contribution in [3.63, 3.8) is 0 Å². The Morgan fingerprint density at radius 1 is 1.24 bits per heavy atom. The quantitative estimate of drug-likeness (QED) is 0.384. The molecule has 0 saturated carbocycles. The molecule has 0 bridgehead atoms. The summed E-state index contributed by atoms with van der Waals surface area (Å²) in [7, 11) is 1.88. The van der Waals surface area contributed by atoms with Gasteiger partial charge in [-0.05, 0) is 37.7 Å². The number of fused-ring (bicyclic) bond motifs is 2. The van der Waals surface area contributed by atoms with Crippen LogP contribution in [0, 0.1) is 5.92 Å². The summed E-state index contributed by atoms with van der Waals surface area (Å²) < 4.78 is 49.9. The molecule has 3 aromatic rings. The third kappa shape index (κ3) is 6.69. The lowest BCUT2D eigenvalue weighted by molar-refractivity contribution is -0.153. The molecule has 1 aromatic carbocycles. The van der Waals surface area contributed by atoms with Crippen molar-refractivity contribution < 1.29 is 27.4 Å². The van der Waals surface area contributed by atoms with Gasteiger partial charge in [-0.3, -0.25) is 9.48 Å². The number of rotatable bonds is 8. The van der Waals surface area contributed by atoms with Crippen molar-refractivity contribution in [2.75, 3.05) is 32.8 Å². The monoisotopic (exact) mass is 536 g/mol.